The molecule has 0 spiro atoms. The minimum absolute atomic E-state index is 0.165. The molecule has 18 heavy (non-hydrogen) atoms. The largest absolute Gasteiger partial charge is 0.396 e. The van der Waals surface area contributed by atoms with Crippen LogP contribution < -0.4 is 0 Å². The molecule has 1 aliphatic heterocycles. The number of nitrogens with zero attached hydrogens (tertiary/aromatic N) is 1. The third-order valence-corrected chi connectivity index (χ3v) is 4.32. The SMILES string of the molecule is CN(CCC1COCCO1)CC1(CO)CCCC1. The minimum Gasteiger partial charge on any atom is -0.396 e. The first-order chi connectivity index (χ1) is 8.74. The maximum absolute atomic E-state index is 9.61. The first kappa shape index (κ1) is 14.3. The molecule has 0 bridgehead atoms. The van der Waals surface area contributed by atoms with Crippen molar-refractivity contribution in [1.29, 1.82) is 0 Å². The van der Waals surface area contributed by atoms with Gasteiger partial charge in [0.25, 0.3) is 0 Å². The summed E-state index contributed by atoms with van der Waals surface area (Å²) in [6.07, 6.45) is 6.18. The summed E-state index contributed by atoms with van der Waals surface area (Å²) in [5.41, 5.74) is 0.165. The molecule has 1 saturated heterocycles. The number of aliphatic hydroxyl groups excluding tert-OH is 1. The zero-order valence-corrected chi connectivity index (χ0v) is 11.6. The van der Waals surface area contributed by atoms with Gasteiger partial charge in [0.2, 0.25) is 0 Å². The molecule has 1 aliphatic carbocycles. The summed E-state index contributed by atoms with van der Waals surface area (Å²) in [5, 5.41) is 9.61. The maximum atomic E-state index is 9.61. The average Bonchev–Trinajstić information content (AvgIpc) is 2.87. The van der Waals surface area contributed by atoms with E-state index in [1.165, 1.54) is 25.7 Å². The number of hydrogen-bond donors (Lipinski definition) is 1. The molecule has 1 saturated carbocycles. The van der Waals surface area contributed by atoms with E-state index in [1.54, 1.807) is 0 Å². The summed E-state index contributed by atoms with van der Waals surface area (Å²) < 4.78 is 11.1. The number of ether oxygens (including phenoxy) is 2. The predicted molar refractivity (Wildman–Crippen MR) is 70.7 cm³/mol. The molecule has 1 heterocycles. The van der Waals surface area contributed by atoms with Crippen LogP contribution in [0.4, 0.5) is 0 Å². The van der Waals surface area contributed by atoms with Gasteiger partial charge in [0.15, 0.2) is 0 Å². The molecule has 2 aliphatic rings. The van der Waals surface area contributed by atoms with Crippen LogP contribution in [-0.2, 0) is 9.47 Å². The van der Waals surface area contributed by atoms with Crippen molar-refractivity contribution in [2.45, 2.75) is 38.2 Å². The molecule has 0 aromatic carbocycles. The zero-order valence-electron chi connectivity index (χ0n) is 11.6. The van der Waals surface area contributed by atoms with Crippen molar-refractivity contribution < 1.29 is 14.6 Å². The minimum atomic E-state index is 0.165. The standard InChI is InChI=1S/C14H27NO3/c1-15(7-4-13-10-17-8-9-18-13)11-14(12-16)5-2-3-6-14/h13,16H,2-12H2,1H3. The molecule has 1 atom stereocenters. The van der Waals surface area contributed by atoms with Crippen LogP contribution in [0.15, 0.2) is 0 Å². The Bertz CT molecular complexity index is 235. The van der Waals surface area contributed by atoms with E-state index in [0.29, 0.717) is 6.61 Å². The van der Waals surface area contributed by atoms with E-state index < -0.39 is 0 Å². The lowest BCUT2D eigenvalue weighted by atomic mass is 9.86. The molecule has 0 radical (unpaired) electrons. The summed E-state index contributed by atoms with van der Waals surface area (Å²) in [5.74, 6) is 0. The molecule has 4 nitrogen and oxygen atoms in total. The molecular weight excluding hydrogens is 230 g/mol. The summed E-state index contributed by atoms with van der Waals surface area (Å²) in [6.45, 7) is 4.57. The van der Waals surface area contributed by atoms with E-state index >= 15 is 0 Å². The highest BCUT2D eigenvalue weighted by atomic mass is 16.6. The Hall–Kier alpha value is -0.160. The van der Waals surface area contributed by atoms with Crippen LogP contribution >= 0.6 is 0 Å². The van der Waals surface area contributed by atoms with Crippen molar-refractivity contribution in [3.63, 3.8) is 0 Å². The van der Waals surface area contributed by atoms with Crippen LogP contribution in [0.1, 0.15) is 32.1 Å². The molecule has 0 amide bonds. The Morgan fingerprint density at radius 3 is 2.67 bits per heavy atom. The smallest absolute Gasteiger partial charge is 0.0821 e. The van der Waals surface area contributed by atoms with Gasteiger partial charge in [0.1, 0.15) is 0 Å². The van der Waals surface area contributed by atoms with Crippen molar-refractivity contribution in [1.82, 2.24) is 4.90 Å². The Morgan fingerprint density at radius 1 is 1.28 bits per heavy atom. The van der Waals surface area contributed by atoms with Crippen molar-refractivity contribution in [2.24, 2.45) is 5.41 Å². The maximum Gasteiger partial charge on any atom is 0.0821 e. The molecule has 2 fully saturated rings. The second-order valence-corrected chi connectivity index (χ2v) is 5.96. The predicted octanol–water partition coefficient (Wildman–Crippen LogP) is 1.28. The number of aliphatic hydroxyl groups is 1. The van der Waals surface area contributed by atoms with Crippen molar-refractivity contribution in [3.05, 3.63) is 0 Å². The number of hydrogen-bond acceptors (Lipinski definition) is 4. The summed E-state index contributed by atoms with van der Waals surface area (Å²) >= 11 is 0. The Balaban J connectivity index is 1.69. The normalized spacial score (nSPS) is 27.8. The lowest BCUT2D eigenvalue weighted by Crippen LogP contribution is -2.39. The molecule has 2 rings (SSSR count). The highest BCUT2D eigenvalue weighted by Gasteiger charge is 2.34. The summed E-state index contributed by atoms with van der Waals surface area (Å²) in [6, 6.07) is 0. The highest BCUT2D eigenvalue weighted by Crippen LogP contribution is 2.38. The monoisotopic (exact) mass is 257 g/mol. The highest BCUT2D eigenvalue weighted by molar-refractivity contribution is 4.86. The topological polar surface area (TPSA) is 41.9 Å². The fraction of sp³-hybridized carbons (Fsp3) is 1.00. The summed E-state index contributed by atoms with van der Waals surface area (Å²) in [4.78, 5) is 2.35. The Kier molecular flexibility index (Phi) is 5.42. The van der Waals surface area contributed by atoms with Gasteiger partial charge in [0, 0.05) is 25.1 Å². The van der Waals surface area contributed by atoms with Crippen LogP contribution in [0, 0.1) is 5.41 Å². The van der Waals surface area contributed by atoms with Crippen LogP contribution in [0.2, 0.25) is 0 Å². The van der Waals surface area contributed by atoms with Crippen LogP contribution in [0.3, 0.4) is 0 Å². The Labute approximate surface area is 110 Å². The van der Waals surface area contributed by atoms with Crippen LogP contribution in [0.5, 0.6) is 0 Å². The van der Waals surface area contributed by atoms with E-state index in [4.69, 9.17) is 9.47 Å². The number of rotatable bonds is 6. The Morgan fingerprint density at radius 2 is 2.06 bits per heavy atom. The molecule has 1 N–H and O–H groups in total. The first-order valence-electron chi connectivity index (χ1n) is 7.23. The molecule has 0 aromatic heterocycles. The van der Waals surface area contributed by atoms with E-state index in [2.05, 4.69) is 11.9 Å². The van der Waals surface area contributed by atoms with Gasteiger partial charge >= 0.3 is 0 Å². The van der Waals surface area contributed by atoms with Crippen molar-refractivity contribution >= 4 is 0 Å². The van der Waals surface area contributed by atoms with Crippen molar-refractivity contribution in [2.75, 3.05) is 46.6 Å². The first-order valence-corrected chi connectivity index (χ1v) is 7.23. The lowest BCUT2D eigenvalue weighted by Gasteiger charge is -2.33. The molecular formula is C14H27NO3. The van der Waals surface area contributed by atoms with E-state index in [-0.39, 0.29) is 11.5 Å². The fourth-order valence-corrected chi connectivity index (χ4v) is 3.21. The van der Waals surface area contributed by atoms with Gasteiger partial charge in [-0.3, -0.25) is 0 Å². The molecule has 0 aromatic rings. The fourth-order valence-electron chi connectivity index (χ4n) is 3.21. The lowest BCUT2D eigenvalue weighted by molar-refractivity contribution is -0.0929. The van der Waals surface area contributed by atoms with Gasteiger partial charge in [-0.1, -0.05) is 12.8 Å². The van der Waals surface area contributed by atoms with Crippen molar-refractivity contribution in [3.8, 4) is 0 Å². The van der Waals surface area contributed by atoms with Crippen LogP contribution in [0.25, 0.3) is 0 Å². The summed E-state index contributed by atoms with van der Waals surface area (Å²) in [7, 11) is 2.15. The second kappa shape index (κ2) is 6.85. The van der Waals surface area contributed by atoms with Gasteiger partial charge < -0.3 is 19.5 Å². The third-order valence-electron chi connectivity index (χ3n) is 4.32. The average molecular weight is 257 g/mol. The van der Waals surface area contributed by atoms with Crippen LogP contribution in [-0.4, -0.2) is 62.7 Å². The third kappa shape index (κ3) is 3.92. The van der Waals surface area contributed by atoms with Gasteiger partial charge in [-0.25, -0.2) is 0 Å². The van der Waals surface area contributed by atoms with Gasteiger partial charge in [0.05, 0.1) is 25.9 Å². The second-order valence-electron chi connectivity index (χ2n) is 5.96. The quantitative estimate of drug-likeness (QED) is 0.778. The van der Waals surface area contributed by atoms with Gasteiger partial charge in [-0.15, -0.1) is 0 Å². The van der Waals surface area contributed by atoms with E-state index in [1.807, 2.05) is 0 Å². The van der Waals surface area contributed by atoms with E-state index in [9.17, 15) is 5.11 Å². The zero-order chi connectivity index (χ0) is 12.8. The molecule has 1 unspecified atom stereocenters. The van der Waals surface area contributed by atoms with Gasteiger partial charge in [-0.2, -0.15) is 0 Å². The molecule has 106 valence electrons. The van der Waals surface area contributed by atoms with E-state index in [0.717, 1.165) is 39.3 Å². The van der Waals surface area contributed by atoms with Gasteiger partial charge in [-0.05, 0) is 26.3 Å². The molecule has 4 heteroatoms.